The Balaban J connectivity index is 1.72. The van der Waals surface area contributed by atoms with Crippen molar-refractivity contribution in [1.82, 2.24) is 10.2 Å². The van der Waals surface area contributed by atoms with Crippen LogP contribution < -0.4 is 5.32 Å². The van der Waals surface area contributed by atoms with Crippen molar-refractivity contribution in [3.63, 3.8) is 0 Å². The molecule has 1 aromatic rings. The Morgan fingerprint density at radius 2 is 1.85 bits per heavy atom. The number of likely N-dealkylation sites (tertiary alicyclic amines) is 1. The standard InChI is InChI=1S/C18H28N2/c1-14-10-15(2)12-16(11-14)13-20-9-4-3-7-18(20)17-6-5-8-19-17/h10-12,17-19H,3-9,13H2,1-2H3. The smallest absolute Gasteiger partial charge is 0.0252 e. The quantitative estimate of drug-likeness (QED) is 0.907. The molecule has 0 saturated carbocycles. The molecule has 1 N–H and O–H groups in total. The topological polar surface area (TPSA) is 15.3 Å². The first-order valence-corrected chi connectivity index (χ1v) is 8.27. The summed E-state index contributed by atoms with van der Waals surface area (Å²) in [6.07, 6.45) is 6.88. The predicted octanol–water partition coefficient (Wildman–Crippen LogP) is 3.41. The summed E-state index contributed by atoms with van der Waals surface area (Å²) in [6, 6.07) is 8.49. The summed E-state index contributed by atoms with van der Waals surface area (Å²) < 4.78 is 0. The van der Waals surface area contributed by atoms with E-state index >= 15 is 0 Å². The Morgan fingerprint density at radius 1 is 1.05 bits per heavy atom. The van der Waals surface area contributed by atoms with Gasteiger partial charge in [0.25, 0.3) is 0 Å². The number of benzene rings is 1. The first-order chi connectivity index (χ1) is 9.72. The molecule has 110 valence electrons. The Kier molecular flexibility index (Phi) is 4.42. The molecule has 2 atom stereocenters. The van der Waals surface area contributed by atoms with E-state index in [9.17, 15) is 0 Å². The zero-order valence-corrected chi connectivity index (χ0v) is 13.0. The minimum absolute atomic E-state index is 0.737. The Morgan fingerprint density at radius 3 is 2.55 bits per heavy atom. The van der Waals surface area contributed by atoms with Crippen molar-refractivity contribution in [2.75, 3.05) is 13.1 Å². The van der Waals surface area contributed by atoms with Gasteiger partial charge in [0.2, 0.25) is 0 Å². The summed E-state index contributed by atoms with van der Waals surface area (Å²) in [5.41, 5.74) is 4.28. The van der Waals surface area contributed by atoms with Gasteiger partial charge in [0.15, 0.2) is 0 Å². The van der Waals surface area contributed by atoms with Crippen LogP contribution in [-0.4, -0.2) is 30.1 Å². The Bertz CT molecular complexity index is 428. The molecule has 20 heavy (non-hydrogen) atoms. The summed E-state index contributed by atoms with van der Waals surface area (Å²) in [6.45, 7) is 8.05. The second kappa shape index (κ2) is 6.28. The van der Waals surface area contributed by atoms with Gasteiger partial charge >= 0.3 is 0 Å². The van der Waals surface area contributed by atoms with Crippen LogP contribution in [0.3, 0.4) is 0 Å². The molecule has 2 saturated heterocycles. The maximum Gasteiger partial charge on any atom is 0.0252 e. The van der Waals surface area contributed by atoms with Crippen LogP contribution in [0.25, 0.3) is 0 Å². The highest BCUT2D eigenvalue weighted by molar-refractivity contribution is 5.28. The summed E-state index contributed by atoms with van der Waals surface area (Å²) in [5, 5.41) is 3.72. The van der Waals surface area contributed by atoms with Crippen molar-refractivity contribution in [2.45, 2.75) is 64.6 Å². The molecule has 1 aromatic carbocycles. The molecule has 0 aliphatic carbocycles. The second-order valence-corrected chi connectivity index (χ2v) is 6.73. The molecule has 0 spiro atoms. The molecule has 2 fully saturated rings. The first-order valence-electron chi connectivity index (χ1n) is 8.27. The van der Waals surface area contributed by atoms with Crippen LogP contribution in [0.4, 0.5) is 0 Å². The van der Waals surface area contributed by atoms with E-state index in [-0.39, 0.29) is 0 Å². The summed E-state index contributed by atoms with van der Waals surface area (Å²) in [5.74, 6) is 0. The van der Waals surface area contributed by atoms with E-state index in [1.807, 2.05) is 0 Å². The highest BCUT2D eigenvalue weighted by Crippen LogP contribution is 2.26. The lowest BCUT2D eigenvalue weighted by molar-refractivity contribution is 0.112. The average Bonchev–Trinajstić information content (AvgIpc) is 2.92. The minimum atomic E-state index is 0.737. The molecule has 0 amide bonds. The summed E-state index contributed by atoms with van der Waals surface area (Å²) in [4.78, 5) is 2.74. The van der Waals surface area contributed by atoms with Crippen LogP contribution in [0.5, 0.6) is 0 Å². The van der Waals surface area contributed by atoms with Gasteiger partial charge in [-0.3, -0.25) is 4.90 Å². The lowest BCUT2D eigenvalue weighted by atomic mass is 9.93. The lowest BCUT2D eigenvalue weighted by Gasteiger charge is -2.39. The Labute approximate surface area is 123 Å². The van der Waals surface area contributed by atoms with Crippen molar-refractivity contribution in [3.05, 3.63) is 34.9 Å². The molecule has 2 heterocycles. The predicted molar refractivity (Wildman–Crippen MR) is 85.0 cm³/mol. The molecular formula is C18H28N2. The van der Waals surface area contributed by atoms with Gasteiger partial charge in [0.1, 0.15) is 0 Å². The largest absolute Gasteiger partial charge is 0.312 e. The van der Waals surface area contributed by atoms with Crippen LogP contribution >= 0.6 is 0 Å². The van der Waals surface area contributed by atoms with E-state index in [0.717, 1.165) is 18.6 Å². The van der Waals surface area contributed by atoms with E-state index in [1.165, 1.54) is 61.9 Å². The van der Waals surface area contributed by atoms with Gasteiger partial charge in [-0.15, -0.1) is 0 Å². The normalized spacial score (nSPS) is 27.9. The second-order valence-electron chi connectivity index (χ2n) is 6.73. The maximum atomic E-state index is 3.72. The zero-order chi connectivity index (χ0) is 13.9. The number of nitrogens with one attached hydrogen (secondary N) is 1. The number of hydrogen-bond acceptors (Lipinski definition) is 2. The fourth-order valence-electron chi connectivity index (χ4n) is 4.10. The Hall–Kier alpha value is -0.860. The molecular weight excluding hydrogens is 244 g/mol. The molecule has 2 aliphatic heterocycles. The van der Waals surface area contributed by atoms with Gasteiger partial charge in [0.05, 0.1) is 0 Å². The maximum absolute atomic E-state index is 3.72. The lowest BCUT2D eigenvalue weighted by Crippen LogP contribution is -2.49. The van der Waals surface area contributed by atoms with Crippen molar-refractivity contribution in [1.29, 1.82) is 0 Å². The molecule has 3 rings (SSSR count). The highest BCUT2D eigenvalue weighted by Gasteiger charge is 2.31. The molecule has 2 heteroatoms. The van der Waals surface area contributed by atoms with Crippen molar-refractivity contribution < 1.29 is 0 Å². The average molecular weight is 272 g/mol. The van der Waals surface area contributed by atoms with E-state index in [0.29, 0.717) is 0 Å². The van der Waals surface area contributed by atoms with Gasteiger partial charge in [-0.25, -0.2) is 0 Å². The van der Waals surface area contributed by atoms with Crippen LogP contribution in [-0.2, 0) is 6.54 Å². The number of piperidine rings is 1. The fourth-order valence-corrected chi connectivity index (χ4v) is 4.10. The third-order valence-electron chi connectivity index (χ3n) is 4.89. The monoisotopic (exact) mass is 272 g/mol. The molecule has 0 aromatic heterocycles. The number of rotatable bonds is 3. The third kappa shape index (κ3) is 3.24. The van der Waals surface area contributed by atoms with Gasteiger partial charge < -0.3 is 5.32 Å². The van der Waals surface area contributed by atoms with Crippen LogP contribution in [0.15, 0.2) is 18.2 Å². The van der Waals surface area contributed by atoms with Crippen LogP contribution in [0.2, 0.25) is 0 Å². The molecule has 0 radical (unpaired) electrons. The van der Waals surface area contributed by atoms with E-state index in [4.69, 9.17) is 0 Å². The van der Waals surface area contributed by atoms with Crippen LogP contribution in [0.1, 0.15) is 48.8 Å². The van der Waals surface area contributed by atoms with Gasteiger partial charge in [-0.05, 0) is 58.2 Å². The van der Waals surface area contributed by atoms with Gasteiger partial charge in [-0.2, -0.15) is 0 Å². The fraction of sp³-hybridized carbons (Fsp3) is 0.667. The summed E-state index contributed by atoms with van der Waals surface area (Å²) in [7, 11) is 0. The van der Waals surface area contributed by atoms with Gasteiger partial charge in [0, 0.05) is 18.6 Å². The number of aryl methyl sites for hydroxylation is 2. The SMILES string of the molecule is Cc1cc(C)cc(CN2CCCCC2C2CCCN2)c1. The molecule has 2 aliphatic rings. The zero-order valence-electron chi connectivity index (χ0n) is 13.0. The van der Waals surface area contributed by atoms with E-state index in [1.54, 1.807) is 0 Å². The first kappa shape index (κ1) is 14.1. The molecule has 2 nitrogen and oxygen atoms in total. The number of nitrogens with zero attached hydrogens (tertiary/aromatic N) is 1. The van der Waals surface area contributed by atoms with Gasteiger partial charge in [-0.1, -0.05) is 35.7 Å². The number of hydrogen-bond donors (Lipinski definition) is 1. The summed E-state index contributed by atoms with van der Waals surface area (Å²) >= 11 is 0. The van der Waals surface area contributed by atoms with Crippen LogP contribution in [0, 0.1) is 13.8 Å². The molecule has 0 bridgehead atoms. The third-order valence-corrected chi connectivity index (χ3v) is 4.89. The van der Waals surface area contributed by atoms with Crippen molar-refractivity contribution >= 4 is 0 Å². The van der Waals surface area contributed by atoms with Crippen molar-refractivity contribution in [2.24, 2.45) is 0 Å². The van der Waals surface area contributed by atoms with E-state index in [2.05, 4.69) is 42.3 Å². The van der Waals surface area contributed by atoms with Crippen molar-refractivity contribution in [3.8, 4) is 0 Å². The van der Waals surface area contributed by atoms with E-state index < -0.39 is 0 Å². The molecule has 2 unspecified atom stereocenters. The highest BCUT2D eigenvalue weighted by atomic mass is 15.2. The minimum Gasteiger partial charge on any atom is -0.312 e.